The molecule has 1 aliphatic heterocycles. The number of fused-ring (bicyclic) bond motifs is 2. The lowest BCUT2D eigenvalue weighted by Crippen LogP contribution is -2.11. The molecule has 0 saturated heterocycles. The Kier molecular flexibility index (Phi) is 2.64. The van der Waals surface area contributed by atoms with Gasteiger partial charge in [0.15, 0.2) is 17.3 Å². The van der Waals surface area contributed by atoms with Crippen LogP contribution in [0.1, 0.15) is 28.8 Å². The molecule has 0 radical (unpaired) electrons. The van der Waals surface area contributed by atoms with Crippen molar-refractivity contribution in [3.63, 3.8) is 0 Å². The van der Waals surface area contributed by atoms with Crippen LogP contribution in [0.5, 0.6) is 17.2 Å². The van der Waals surface area contributed by atoms with E-state index in [1.54, 1.807) is 12.1 Å². The first-order valence-electron chi connectivity index (χ1n) is 7.02. The Morgan fingerprint density at radius 1 is 1.00 bits per heavy atom. The van der Waals surface area contributed by atoms with Gasteiger partial charge < -0.3 is 14.6 Å². The van der Waals surface area contributed by atoms with Gasteiger partial charge in [0.25, 0.3) is 0 Å². The highest BCUT2D eigenvalue weighted by Crippen LogP contribution is 2.42. The van der Waals surface area contributed by atoms with Crippen molar-refractivity contribution in [1.82, 2.24) is 0 Å². The fourth-order valence-electron chi connectivity index (χ4n) is 3.09. The molecule has 0 atom stereocenters. The van der Waals surface area contributed by atoms with Crippen LogP contribution in [0.15, 0.2) is 30.3 Å². The van der Waals surface area contributed by atoms with E-state index < -0.39 is 0 Å². The average Bonchev–Trinajstić information content (AvgIpc) is 2.94. The van der Waals surface area contributed by atoms with Crippen molar-refractivity contribution in [2.45, 2.75) is 19.3 Å². The molecule has 0 fully saturated rings. The van der Waals surface area contributed by atoms with Crippen molar-refractivity contribution in [1.29, 1.82) is 0 Å². The normalized spacial score (nSPS) is 15.9. The highest BCUT2D eigenvalue weighted by molar-refractivity contribution is 6.01. The molecule has 0 unspecified atom stereocenters. The quantitative estimate of drug-likeness (QED) is 0.872. The van der Waals surface area contributed by atoms with Crippen LogP contribution in [-0.4, -0.2) is 17.7 Å². The molecule has 0 amide bonds. The maximum atomic E-state index is 12.0. The summed E-state index contributed by atoms with van der Waals surface area (Å²) in [6, 6.07) is 8.91. The second-order valence-electron chi connectivity index (χ2n) is 5.33. The number of carbonyl (C=O) groups is 1. The molecule has 4 nitrogen and oxygen atoms in total. The van der Waals surface area contributed by atoms with E-state index >= 15 is 0 Å². The van der Waals surface area contributed by atoms with Gasteiger partial charge in [0.1, 0.15) is 5.75 Å². The van der Waals surface area contributed by atoms with Crippen molar-refractivity contribution >= 4 is 5.78 Å². The summed E-state index contributed by atoms with van der Waals surface area (Å²) < 4.78 is 10.7. The number of benzene rings is 2. The fourth-order valence-corrected chi connectivity index (χ4v) is 3.09. The Hall–Kier alpha value is -2.49. The van der Waals surface area contributed by atoms with Gasteiger partial charge in [-0.05, 0) is 48.2 Å². The third-order valence-electron chi connectivity index (χ3n) is 4.08. The molecule has 2 aliphatic rings. The molecular formula is C17H14O4. The molecule has 1 aliphatic carbocycles. The number of carbonyl (C=O) groups excluding carboxylic acids is 1. The Morgan fingerprint density at radius 2 is 1.86 bits per heavy atom. The van der Waals surface area contributed by atoms with Crippen molar-refractivity contribution in [3.05, 3.63) is 41.5 Å². The molecule has 4 rings (SSSR count). The molecular weight excluding hydrogens is 268 g/mol. The van der Waals surface area contributed by atoms with Crippen LogP contribution in [0.25, 0.3) is 11.1 Å². The van der Waals surface area contributed by atoms with Crippen molar-refractivity contribution < 1.29 is 19.4 Å². The second-order valence-corrected chi connectivity index (χ2v) is 5.33. The van der Waals surface area contributed by atoms with E-state index in [0.29, 0.717) is 17.9 Å². The van der Waals surface area contributed by atoms with E-state index in [-0.39, 0.29) is 18.3 Å². The third-order valence-corrected chi connectivity index (χ3v) is 4.08. The topological polar surface area (TPSA) is 55.8 Å². The predicted molar refractivity (Wildman–Crippen MR) is 76.9 cm³/mol. The van der Waals surface area contributed by atoms with Crippen LogP contribution in [0.4, 0.5) is 0 Å². The lowest BCUT2D eigenvalue weighted by Gasteiger charge is -2.19. The third kappa shape index (κ3) is 1.87. The minimum atomic E-state index is 0.151. The summed E-state index contributed by atoms with van der Waals surface area (Å²) in [5.41, 5.74) is 3.25. The standard InChI is InChI=1S/C17H14O4/c18-13-3-1-2-12-11(13)5-6-14(19)17(12)10-4-7-15-16(8-10)21-9-20-15/h4-8,19H,1-3,9H2. The first kappa shape index (κ1) is 12.3. The Bertz CT molecular complexity index is 749. The van der Waals surface area contributed by atoms with Crippen LogP contribution in [0, 0.1) is 0 Å². The van der Waals surface area contributed by atoms with Gasteiger partial charge in [0.05, 0.1) is 0 Å². The molecule has 2 aromatic carbocycles. The lowest BCUT2D eigenvalue weighted by molar-refractivity contribution is 0.0972. The zero-order valence-electron chi connectivity index (χ0n) is 11.4. The summed E-state index contributed by atoms with van der Waals surface area (Å²) in [5.74, 6) is 1.73. The van der Waals surface area contributed by atoms with Gasteiger partial charge in [-0.25, -0.2) is 0 Å². The first-order valence-corrected chi connectivity index (χ1v) is 7.02. The maximum absolute atomic E-state index is 12.0. The van der Waals surface area contributed by atoms with E-state index in [2.05, 4.69) is 0 Å². The van der Waals surface area contributed by atoms with Crippen molar-refractivity contribution in [2.24, 2.45) is 0 Å². The number of ether oxygens (including phenoxy) is 2. The number of hydrogen-bond donors (Lipinski definition) is 1. The number of aromatic hydroxyl groups is 1. The first-order chi connectivity index (χ1) is 10.2. The SMILES string of the molecule is O=C1CCCc2c1ccc(O)c2-c1ccc2c(c1)OCO2. The molecule has 21 heavy (non-hydrogen) atoms. The Morgan fingerprint density at radius 3 is 2.76 bits per heavy atom. The monoisotopic (exact) mass is 282 g/mol. The van der Waals surface area contributed by atoms with Gasteiger partial charge in [-0.3, -0.25) is 4.79 Å². The highest BCUT2D eigenvalue weighted by Gasteiger charge is 2.24. The number of hydrogen-bond acceptors (Lipinski definition) is 4. The van der Waals surface area contributed by atoms with Crippen LogP contribution in [0.3, 0.4) is 0 Å². The number of ketones is 1. The van der Waals surface area contributed by atoms with Crippen LogP contribution in [0.2, 0.25) is 0 Å². The molecule has 1 heterocycles. The summed E-state index contributed by atoms with van der Waals surface area (Å²) in [6.07, 6.45) is 2.21. The van der Waals surface area contributed by atoms with Crippen molar-refractivity contribution in [2.75, 3.05) is 6.79 Å². The van der Waals surface area contributed by atoms with Gasteiger partial charge >= 0.3 is 0 Å². The summed E-state index contributed by atoms with van der Waals surface area (Å²) in [5, 5.41) is 10.3. The summed E-state index contributed by atoms with van der Waals surface area (Å²) in [4.78, 5) is 12.0. The molecule has 0 spiro atoms. The van der Waals surface area contributed by atoms with Gasteiger partial charge in [-0.15, -0.1) is 0 Å². The van der Waals surface area contributed by atoms with E-state index in [1.807, 2.05) is 18.2 Å². The molecule has 0 saturated carbocycles. The minimum Gasteiger partial charge on any atom is -0.507 e. The number of phenolic OH excluding ortho intramolecular Hbond substituents is 1. The molecule has 0 aromatic heterocycles. The fraction of sp³-hybridized carbons (Fsp3) is 0.235. The van der Waals surface area contributed by atoms with E-state index in [1.165, 1.54) is 0 Å². The second kappa shape index (κ2) is 4.52. The smallest absolute Gasteiger partial charge is 0.231 e. The number of phenols is 1. The molecule has 2 aromatic rings. The van der Waals surface area contributed by atoms with Crippen molar-refractivity contribution in [3.8, 4) is 28.4 Å². The Balaban J connectivity index is 1.92. The molecule has 0 bridgehead atoms. The van der Waals surface area contributed by atoms with Crippen LogP contribution in [-0.2, 0) is 6.42 Å². The molecule has 106 valence electrons. The predicted octanol–water partition coefficient (Wildman–Crippen LogP) is 3.31. The van der Waals surface area contributed by atoms with E-state index in [4.69, 9.17) is 9.47 Å². The lowest BCUT2D eigenvalue weighted by atomic mass is 9.84. The Labute approximate surface area is 121 Å². The van der Waals surface area contributed by atoms with Gasteiger partial charge in [0, 0.05) is 17.5 Å². The van der Waals surface area contributed by atoms with Crippen LogP contribution < -0.4 is 9.47 Å². The molecule has 4 heteroatoms. The maximum Gasteiger partial charge on any atom is 0.231 e. The van der Waals surface area contributed by atoms with Gasteiger partial charge in [0.2, 0.25) is 6.79 Å². The highest BCUT2D eigenvalue weighted by atomic mass is 16.7. The number of rotatable bonds is 1. The van der Waals surface area contributed by atoms with Crippen LogP contribution >= 0.6 is 0 Å². The molecule has 1 N–H and O–H groups in total. The summed E-state index contributed by atoms with van der Waals surface area (Å²) in [7, 11) is 0. The largest absolute Gasteiger partial charge is 0.507 e. The van der Waals surface area contributed by atoms with E-state index in [9.17, 15) is 9.90 Å². The summed E-state index contributed by atoms with van der Waals surface area (Å²) in [6.45, 7) is 0.218. The minimum absolute atomic E-state index is 0.151. The zero-order valence-corrected chi connectivity index (χ0v) is 11.4. The van der Waals surface area contributed by atoms with Gasteiger partial charge in [-0.1, -0.05) is 6.07 Å². The average molecular weight is 282 g/mol. The van der Waals surface area contributed by atoms with Gasteiger partial charge in [-0.2, -0.15) is 0 Å². The zero-order chi connectivity index (χ0) is 14.4. The summed E-state index contributed by atoms with van der Waals surface area (Å²) >= 11 is 0. The number of Topliss-reactive ketones (excluding diaryl/α,β-unsaturated/α-hetero) is 1. The van der Waals surface area contributed by atoms with E-state index in [0.717, 1.165) is 35.1 Å².